The molecule has 1 aliphatic rings. The molecule has 0 spiro atoms. The van der Waals surface area contributed by atoms with E-state index in [-0.39, 0.29) is 11.9 Å². The first-order valence-corrected chi connectivity index (χ1v) is 7.42. The molecule has 1 N–H and O–H groups in total. The van der Waals surface area contributed by atoms with E-state index < -0.39 is 0 Å². The Morgan fingerprint density at radius 3 is 3.09 bits per heavy atom. The minimum Gasteiger partial charge on any atom is -0.460 e. The van der Waals surface area contributed by atoms with Gasteiger partial charge in [0, 0.05) is 12.6 Å². The molecule has 0 saturated carbocycles. The number of carbonyl (C=O) groups excluding carboxylic acids is 1. The molecule has 0 radical (unpaired) electrons. The maximum absolute atomic E-state index is 12.7. The second kappa shape index (κ2) is 5.38. The summed E-state index contributed by atoms with van der Waals surface area (Å²) in [7, 11) is 0. The molecular weight excluding hydrogens is 298 g/mol. The third kappa shape index (κ3) is 2.41. The van der Waals surface area contributed by atoms with Gasteiger partial charge < -0.3 is 13.8 Å². The van der Waals surface area contributed by atoms with Crippen molar-refractivity contribution < 1.29 is 13.7 Å². The number of carbonyl (C=O) groups is 1. The zero-order valence-corrected chi connectivity index (χ0v) is 12.5. The van der Waals surface area contributed by atoms with Gasteiger partial charge in [0.05, 0.1) is 6.04 Å². The number of likely N-dealkylation sites (tertiary alicyclic amines) is 1. The van der Waals surface area contributed by atoms with E-state index in [2.05, 4.69) is 20.3 Å². The van der Waals surface area contributed by atoms with E-state index in [1.54, 1.807) is 11.0 Å². The van der Waals surface area contributed by atoms with Gasteiger partial charge in [0.25, 0.3) is 5.91 Å². The standard InChI is InChI=1S/C15H15N5O3/c1-9-4-5-13(23-9)10-7-11(18-17-10)15(21)20-6-2-3-12(20)14-16-8-22-19-14/h4-5,7-8,12H,2-3,6H2,1H3,(H,17,18). The number of amides is 1. The maximum atomic E-state index is 12.7. The Bertz CT molecular complexity index is 820. The topological polar surface area (TPSA) is 101 Å². The van der Waals surface area contributed by atoms with Gasteiger partial charge in [-0.1, -0.05) is 5.16 Å². The van der Waals surface area contributed by atoms with Gasteiger partial charge in [-0.15, -0.1) is 0 Å². The van der Waals surface area contributed by atoms with Crippen molar-refractivity contribution in [2.75, 3.05) is 6.54 Å². The molecule has 1 unspecified atom stereocenters. The van der Waals surface area contributed by atoms with Crippen LogP contribution in [0.3, 0.4) is 0 Å². The lowest BCUT2D eigenvalue weighted by Crippen LogP contribution is -2.31. The number of hydrogen-bond acceptors (Lipinski definition) is 6. The predicted molar refractivity (Wildman–Crippen MR) is 78.3 cm³/mol. The van der Waals surface area contributed by atoms with Crippen LogP contribution < -0.4 is 0 Å². The molecule has 3 aromatic heterocycles. The number of aromatic nitrogens is 4. The van der Waals surface area contributed by atoms with Crippen LogP contribution in [-0.4, -0.2) is 37.7 Å². The van der Waals surface area contributed by atoms with Gasteiger partial charge in [0.2, 0.25) is 6.39 Å². The number of nitrogens with zero attached hydrogens (tertiary/aromatic N) is 4. The van der Waals surface area contributed by atoms with Crippen LogP contribution in [0.1, 0.15) is 41.0 Å². The number of aromatic amines is 1. The summed E-state index contributed by atoms with van der Waals surface area (Å²) in [6, 6.07) is 5.25. The van der Waals surface area contributed by atoms with Crippen molar-refractivity contribution >= 4 is 5.91 Å². The summed E-state index contributed by atoms with van der Waals surface area (Å²) in [5, 5.41) is 10.8. The van der Waals surface area contributed by atoms with Crippen molar-refractivity contribution in [1.29, 1.82) is 0 Å². The molecule has 1 amide bonds. The SMILES string of the molecule is Cc1ccc(-c2cc(C(=O)N3CCCC3c3ncon3)n[nH]2)o1. The number of furan rings is 1. The summed E-state index contributed by atoms with van der Waals surface area (Å²) in [4.78, 5) is 18.5. The van der Waals surface area contributed by atoms with Gasteiger partial charge in [-0.25, -0.2) is 0 Å². The Kier molecular flexibility index (Phi) is 3.22. The Morgan fingerprint density at radius 1 is 1.43 bits per heavy atom. The van der Waals surface area contributed by atoms with Crippen LogP contribution in [0.2, 0.25) is 0 Å². The van der Waals surface area contributed by atoms with Gasteiger partial charge in [0.15, 0.2) is 17.3 Å². The molecular formula is C15H15N5O3. The number of nitrogens with one attached hydrogen (secondary N) is 1. The molecule has 4 rings (SSSR count). The molecule has 0 aliphatic carbocycles. The van der Waals surface area contributed by atoms with Gasteiger partial charge in [-0.05, 0) is 31.9 Å². The number of aryl methyl sites for hydroxylation is 1. The predicted octanol–water partition coefficient (Wildman–Crippen LogP) is 2.34. The molecule has 0 bridgehead atoms. The van der Waals surface area contributed by atoms with E-state index in [1.807, 2.05) is 19.1 Å². The van der Waals surface area contributed by atoms with Gasteiger partial charge in [-0.3, -0.25) is 9.89 Å². The average Bonchev–Trinajstić information content (AvgIpc) is 3.31. The van der Waals surface area contributed by atoms with Crippen LogP contribution in [0, 0.1) is 6.92 Å². The lowest BCUT2D eigenvalue weighted by Gasteiger charge is -2.20. The summed E-state index contributed by atoms with van der Waals surface area (Å²) < 4.78 is 10.3. The van der Waals surface area contributed by atoms with E-state index in [0.717, 1.165) is 18.6 Å². The summed E-state index contributed by atoms with van der Waals surface area (Å²) in [5.74, 6) is 1.85. The second-order valence-corrected chi connectivity index (χ2v) is 5.52. The molecule has 1 atom stereocenters. The normalized spacial score (nSPS) is 17.8. The maximum Gasteiger partial charge on any atom is 0.274 e. The van der Waals surface area contributed by atoms with E-state index in [0.29, 0.717) is 29.5 Å². The average molecular weight is 313 g/mol. The zero-order chi connectivity index (χ0) is 15.8. The molecule has 1 fully saturated rings. The smallest absolute Gasteiger partial charge is 0.274 e. The third-order valence-electron chi connectivity index (χ3n) is 3.99. The Hall–Kier alpha value is -2.90. The minimum atomic E-state index is -0.160. The van der Waals surface area contributed by atoms with E-state index in [4.69, 9.17) is 8.94 Å². The molecule has 1 aliphatic heterocycles. The highest BCUT2D eigenvalue weighted by atomic mass is 16.5. The van der Waals surface area contributed by atoms with Gasteiger partial charge >= 0.3 is 0 Å². The fraction of sp³-hybridized carbons (Fsp3) is 0.333. The molecule has 8 nitrogen and oxygen atoms in total. The van der Waals surface area contributed by atoms with Crippen molar-refractivity contribution in [3.05, 3.63) is 41.9 Å². The Balaban J connectivity index is 1.58. The van der Waals surface area contributed by atoms with Crippen molar-refractivity contribution in [1.82, 2.24) is 25.2 Å². The summed E-state index contributed by atoms with van der Waals surface area (Å²) in [6.07, 6.45) is 3.00. The van der Waals surface area contributed by atoms with Crippen molar-refractivity contribution in [2.24, 2.45) is 0 Å². The summed E-state index contributed by atoms with van der Waals surface area (Å²) >= 11 is 0. The largest absolute Gasteiger partial charge is 0.460 e. The number of hydrogen-bond donors (Lipinski definition) is 1. The van der Waals surface area contributed by atoms with Crippen molar-refractivity contribution in [3.63, 3.8) is 0 Å². The molecule has 4 heterocycles. The van der Waals surface area contributed by atoms with Crippen LogP contribution in [0.25, 0.3) is 11.5 Å². The quantitative estimate of drug-likeness (QED) is 0.796. The first kappa shape index (κ1) is 13.7. The molecule has 23 heavy (non-hydrogen) atoms. The Labute approximate surface area is 131 Å². The van der Waals surface area contributed by atoms with Crippen LogP contribution in [0.4, 0.5) is 0 Å². The molecule has 8 heteroatoms. The van der Waals surface area contributed by atoms with Gasteiger partial charge in [-0.2, -0.15) is 10.1 Å². The van der Waals surface area contributed by atoms with Crippen LogP contribution in [-0.2, 0) is 0 Å². The van der Waals surface area contributed by atoms with Crippen molar-refractivity contribution in [2.45, 2.75) is 25.8 Å². The first-order chi connectivity index (χ1) is 11.2. The summed E-state index contributed by atoms with van der Waals surface area (Å²) in [6.45, 7) is 2.52. The van der Waals surface area contributed by atoms with Crippen LogP contribution in [0.15, 0.2) is 33.5 Å². The second-order valence-electron chi connectivity index (χ2n) is 5.52. The van der Waals surface area contributed by atoms with E-state index in [1.165, 1.54) is 6.39 Å². The summed E-state index contributed by atoms with van der Waals surface area (Å²) in [5.41, 5.74) is 1.03. The van der Waals surface area contributed by atoms with Crippen molar-refractivity contribution in [3.8, 4) is 11.5 Å². The Morgan fingerprint density at radius 2 is 2.35 bits per heavy atom. The number of H-pyrrole nitrogens is 1. The van der Waals surface area contributed by atoms with E-state index in [9.17, 15) is 4.79 Å². The monoisotopic (exact) mass is 313 g/mol. The fourth-order valence-electron chi connectivity index (χ4n) is 2.89. The molecule has 0 aromatic carbocycles. The number of rotatable bonds is 3. The third-order valence-corrected chi connectivity index (χ3v) is 3.99. The zero-order valence-electron chi connectivity index (χ0n) is 12.5. The molecule has 118 valence electrons. The van der Waals surface area contributed by atoms with Crippen LogP contribution >= 0.6 is 0 Å². The lowest BCUT2D eigenvalue weighted by atomic mass is 10.2. The highest BCUT2D eigenvalue weighted by Crippen LogP contribution is 2.31. The first-order valence-electron chi connectivity index (χ1n) is 7.42. The lowest BCUT2D eigenvalue weighted by molar-refractivity contribution is 0.0722. The highest BCUT2D eigenvalue weighted by molar-refractivity contribution is 5.93. The van der Waals surface area contributed by atoms with E-state index >= 15 is 0 Å². The van der Waals surface area contributed by atoms with Gasteiger partial charge in [0.1, 0.15) is 11.5 Å². The molecule has 3 aromatic rings. The van der Waals surface area contributed by atoms with Crippen LogP contribution in [0.5, 0.6) is 0 Å². The highest BCUT2D eigenvalue weighted by Gasteiger charge is 2.34. The fourth-order valence-corrected chi connectivity index (χ4v) is 2.89. The minimum absolute atomic E-state index is 0.150. The molecule has 1 saturated heterocycles.